The second kappa shape index (κ2) is 5.64. The molecule has 0 saturated carbocycles. The molecule has 0 fully saturated rings. The lowest BCUT2D eigenvalue weighted by Crippen LogP contribution is -2.16. The number of rotatable bonds is 4. The first-order chi connectivity index (χ1) is 8.27. The third-order valence-corrected chi connectivity index (χ3v) is 2.95. The van der Waals surface area contributed by atoms with Crippen LogP contribution < -0.4 is 0 Å². The van der Waals surface area contributed by atoms with Gasteiger partial charge in [0, 0.05) is 5.92 Å². The van der Waals surface area contributed by atoms with Gasteiger partial charge < -0.3 is 9.84 Å². The highest BCUT2D eigenvalue weighted by atomic mass is 16.5. The Hall–Kier alpha value is -1.61. The Morgan fingerprint density at radius 2 is 2.12 bits per heavy atom. The molecule has 1 aromatic carbocycles. The Kier molecular flexibility index (Phi) is 3.94. The zero-order chi connectivity index (χ0) is 12.1. The lowest BCUT2D eigenvalue weighted by Gasteiger charge is -2.13. The second-order valence-electron chi connectivity index (χ2n) is 4.19. The lowest BCUT2D eigenvalue weighted by molar-refractivity contribution is 0.0452. The van der Waals surface area contributed by atoms with E-state index >= 15 is 0 Å². The van der Waals surface area contributed by atoms with Crippen molar-refractivity contribution in [1.82, 2.24) is 0 Å². The highest BCUT2D eigenvalue weighted by Gasteiger charge is 2.20. The van der Waals surface area contributed by atoms with Gasteiger partial charge in [0.2, 0.25) is 0 Å². The molecule has 90 valence electrons. The molecule has 0 saturated heterocycles. The Labute approximate surface area is 101 Å². The number of ether oxygens (including phenoxy) is 1. The fourth-order valence-electron chi connectivity index (χ4n) is 1.93. The largest absolute Gasteiger partial charge is 0.462 e. The number of carbonyl (C=O) groups excluding carboxylic acids is 1. The molecule has 2 atom stereocenters. The summed E-state index contributed by atoms with van der Waals surface area (Å²) in [6, 6.07) is 8.93. The zero-order valence-electron chi connectivity index (χ0n) is 9.58. The van der Waals surface area contributed by atoms with Gasteiger partial charge in [-0.15, -0.1) is 0 Å². The van der Waals surface area contributed by atoms with E-state index in [0.29, 0.717) is 25.0 Å². The van der Waals surface area contributed by atoms with Gasteiger partial charge >= 0.3 is 5.97 Å². The van der Waals surface area contributed by atoms with Crippen LogP contribution in [0.2, 0.25) is 0 Å². The highest BCUT2D eigenvalue weighted by Crippen LogP contribution is 2.21. The predicted molar refractivity (Wildman–Crippen MR) is 64.6 cm³/mol. The predicted octanol–water partition coefficient (Wildman–Crippen LogP) is 2.17. The van der Waals surface area contributed by atoms with Crippen LogP contribution in [0.4, 0.5) is 0 Å². The maximum Gasteiger partial charge on any atom is 0.338 e. The Morgan fingerprint density at radius 1 is 1.35 bits per heavy atom. The van der Waals surface area contributed by atoms with Crippen molar-refractivity contribution in [2.75, 3.05) is 6.61 Å². The third-order valence-electron chi connectivity index (χ3n) is 2.95. The first-order valence-corrected chi connectivity index (χ1v) is 5.84. The van der Waals surface area contributed by atoms with E-state index in [4.69, 9.17) is 4.74 Å². The quantitative estimate of drug-likeness (QED) is 0.639. The van der Waals surface area contributed by atoms with Gasteiger partial charge in [-0.05, 0) is 25.0 Å². The summed E-state index contributed by atoms with van der Waals surface area (Å²) < 4.78 is 5.15. The molecule has 2 rings (SSSR count). The summed E-state index contributed by atoms with van der Waals surface area (Å²) in [4.78, 5) is 11.6. The summed E-state index contributed by atoms with van der Waals surface area (Å²) in [5, 5.41) is 9.57. The number of esters is 1. The number of aliphatic hydroxyl groups is 1. The lowest BCUT2D eigenvalue weighted by atomic mass is 10.0. The molecule has 0 unspecified atom stereocenters. The molecule has 0 radical (unpaired) electrons. The van der Waals surface area contributed by atoms with Crippen molar-refractivity contribution in [3.05, 3.63) is 48.0 Å². The molecule has 1 aromatic rings. The molecular formula is C14H16O3. The summed E-state index contributed by atoms with van der Waals surface area (Å²) in [6.07, 6.45) is 5.02. The maximum absolute atomic E-state index is 11.6. The van der Waals surface area contributed by atoms with Crippen molar-refractivity contribution >= 4 is 5.97 Å². The van der Waals surface area contributed by atoms with E-state index in [9.17, 15) is 9.90 Å². The van der Waals surface area contributed by atoms with Crippen LogP contribution in [0, 0.1) is 5.92 Å². The van der Waals surface area contributed by atoms with Crippen molar-refractivity contribution in [2.24, 2.45) is 5.92 Å². The Balaban J connectivity index is 1.76. The van der Waals surface area contributed by atoms with Crippen LogP contribution in [0.1, 0.15) is 23.2 Å². The number of hydrogen-bond donors (Lipinski definition) is 1. The molecule has 0 amide bonds. The van der Waals surface area contributed by atoms with Crippen LogP contribution in [0.5, 0.6) is 0 Å². The van der Waals surface area contributed by atoms with E-state index in [-0.39, 0.29) is 18.0 Å². The summed E-state index contributed by atoms with van der Waals surface area (Å²) in [7, 11) is 0. The first kappa shape index (κ1) is 11.9. The van der Waals surface area contributed by atoms with Crippen LogP contribution >= 0.6 is 0 Å². The van der Waals surface area contributed by atoms with Gasteiger partial charge in [0.1, 0.15) is 0 Å². The number of hydrogen-bond acceptors (Lipinski definition) is 3. The third kappa shape index (κ3) is 3.17. The summed E-state index contributed by atoms with van der Waals surface area (Å²) in [5.41, 5.74) is 0.565. The van der Waals surface area contributed by atoms with Crippen molar-refractivity contribution in [3.8, 4) is 0 Å². The van der Waals surface area contributed by atoms with E-state index in [1.807, 2.05) is 18.2 Å². The van der Waals surface area contributed by atoms with Gasteiger partial charge in [-0.2, -0.15) is 0 Å². The molecule has 0 aromatic heterocycles. The van der Waals surface area contributed by atoms with Crippen molar-refractivity contribution < 1.29 is 14.6 Å². The minimum Gasteiger partial charge on any atom is -0.462 e. The van der Waals surface area contributed by atoms with E-state index in [2.05, 4.69) is 0 Å². The van der Waals surface area contributed by atoms with Gasteiger partial charge in [0.25, 0.3) is 0 Å². The highest BCUT2D eigenvalue weighted by molar-refractivity contribution is 5.89. The van der Waals surface area contributed by atoms with Gasteiger partial charge in [0.05, 0.1) is 18.3 Å². The van der Waals surface area contributed by atoms with Crippen LogP contribution in [0.3, 0.4) is 0 Å². The van der Waals surface area contributed by atoms with E-state index < -0.39 is 0 Å². The summed E-state index contributed by atoms with van der Waals surface area (Å²) in [6.45, 7) is 0.347. The van der Waals surface area contributed by atoms with E-state index in [1.54, 1.807) is 24.3 Å². The zero-order valence-corrected chi connectivity index (χ0v) is 9.58. The van der Waals surface area contributed by atoms with Crippen LogP contribution in [0.15, 0.2) is 42.5 Å². The minimum atomic E-state index is -0.314. The molecule has 0 spiro atoms. The smallest absolute Gasteiger partial charge is 0.338 e. The normalized spacial score (nSPS) is 22.6. The SMILES string of the molecule is O=C(OCC[C@H]1C=CC[C@H]1O)c1ccccc1. The standard InChI is InChI=1S/C14H16O3/c15-13-8-4-7-11(13)9-10-17-14(16)12-5-2-1-3-6-12/h1-7,11,13,15H,8-10H2/t11-,13-/m1/s1. The molecule has 1 aliphatic rings. The number of carbonyl (C=O) groups is 1. The molecule has 1 aliphatic carbocycles. The van der Waals surface area contributed by atoms with Crippen molar-refractivity contribution in [3.63, 3.8) is 0 Å². The van der Waals surface area contributed by atoms with E-state index in [1.165, 1.54) is 0 Å². The molecule has 0 heterocycles. The van der Waals surface area contributed by atoms with Gasteiger partial charge in [0.15, 0.2) is 0 Å². The van der Waals surface area contributed by atoms with Crippen molar-refractivity contribution in [2.45, 2.75) is 18.9 Å². The molecule has 0 aliphatic heterocycles. The monoisotopic (exact) mass is 232 g/mol. The Bertz CT molecular complexity index is 397. The molecular weight excluding hydrogens is 216 g/mol. The fraction of sp³-hybridized carbons (Fsp3) is 0.357. The number of aliphatic hydroxyl groups excluding tert-OH is 1. The molecule has 3 nitrogen and oxygen atoms in total. The minimum absolute atomic E-state index is 0.124. The molecule has 17 heavy (non-hydrogen) atoms. The second-order valence-corrected chi connectivity index (χ2v) is 4.19. The molecule has 3 heteroatoms. The van der Waals surface area contributed by atoms with E-state index in [0.717, 1.165) is 0 Å². The van der Waals surface area contributed by atoms with Crippen LogP contribution in [0.25, 0.3) is 0 Å². The summed E-state index contributed by atoms with van der Waals surface area (Å²) >= 11 is 0. The van der Waals surface area contributed by atoms with Gasteiger partial charge in [-0.25, -0.2) is 4.79 Å². The average Bonchev–Trinajstić information content (AvgIpc) is 2.76. The summed E-state index contributed by atoms with van der Waals surface area (Å²) in [5.74, 6) is -0.180. The Morgan fingerprint density at radius 3 is 2.76 bits per heavy atom. The maximum atomic E-state index is 11.6. The first-order valence-electron chi connectivity index (χ1n) is 5.84. The molecule has 0 bridgehead atoms. The number of benzene rings is 1. The van der Waals surface area contributed by atoms with Crippen LogP contribution in [-0.4, -0.2) is 23.8 Å². The average molecular weight is 232 g/mol. The topological polar surface area (TPSA) is 46.5 Å². The van der Waals surface area contributed by atoms with Gasteiger partial charge in [-0.1, -0.05) is 30.4 Å². The fourth-order valence-corrected chi connectivity index (χ4v) is 1.93. The molecule has 1 N–H and O–H groups in total. The van der Waals surface area contributed by atoms with Crippen LogP contribution in [-0.2, 0) is 4.74 Å². The van der Waals surface area contributed by atoms with Crippen molar-refractivity contribution in [1.29, 1.82) is 0 Å². The van der Waals surface area contributed by atoms with Gasteiger partial charge in [-0.3, -0.25) is 0 Å².